The van der Waals surface area contributed by atoms with Crippen molar-refractivity contribution >= 4 is 41.2 Å². The van der Waals surface area contributed by atoms with Crippen molar-refractivity contribution in [2.24, 2.45) is 0 Å². The van der Waals surface area contributed by atoms with Gasteiger partial charge in [-0.2, -0.15) is 0 Å². The molecule has 0 aromatic heterocycles. The van der Waals surface area contributed by atoms with Crippen molar-refractivity contribution in [3.8, 4) is 23.8 Å². The average Bonchev–Trinajstić information content (AvgIpc) is 2.72. The molecule has 4 amide bonds. The number of hydrogen-bond donors (Lipinski definition) is 1. The number of amides is 4. The van der Waals surface area contributed by atoms with Crippen molar-refractivity contribution in [3.63, 3.8) is 0 Å². The number of rotatable bonds is 6. The number of nitrogens with one attached hydrogen (secondary N) is 1. The van der Waals surface area contributed by atoms with Crippen LogP contribution in [0.2, 0.25) is 5.02 Å². The minimum absolute atomic E-state index is 0.00521. The molecule has 0 radical (unpaired) electrons. The normalized spacial score (nSPS) is 15.0. The second-order valence-electron chi connectivity index (χ2n) is 6.55. The summed E-state index contributed by atoms with van der Waals surface area (Å²) >= 11 is 6.31. The number of hydrogen-bond acceptors (Lipinski definition) is 5. The number of anilines is 1. The van der Waals surface area contributed by atoms with E-state index in [-0.39, 0.29) is 23.0 Å². The fraction of sp³-hybridized carbons (Fsp3) is 0.174. The molecule has 0 unspecified atom stereocenters. The molecule has 1 aliphatic heterocycles. The molecular weight excluding hydrogens is 420 g/mol. The number of carbonyl (C=O) groups excluding carboxylic acids is 3. The lowest BCUT2D eigenvalue weighted by Gasteiger charge is -2.26. The molecule has 1 heterocycles. The summed E-state index contributed by atoms with van der Waals surface area (Å²) in [5.41, 5.74) is 1.50. The smallest absolute Gasteiger partial charge is 0.335 e. The molecule has 1 aliphatic rings. The van der Waals surface area contributed by atoms with Crippen LogP contribution in [0.4, 0.5) is 10.5 Å². The summed E-state index contributed by atoms with van der Waals surface area (Å²) in [6, 6.07) is 9.04. The van der Waals surface area contributed by atoms with Crippen LogP contribution in [0.5, 0.6) is 11.5 Å². The Morgan fingerprint density at radius 2 is 1.87 bits per heavy atom. The highest BCUT2D eigenvalue weighted by molar-refractivity contribution is 6.39. The number of aryl methyl sites for hydroxylation is 1. The summed E-state index contributed by atoms with van der Waals surface area (Å²) in [6.45, 7) is 3.99. The van der Waals surface area contributed by atoms with Gasteiger partial charge in [0.05, 0.1) is 17.3 Å². The number of urea groups is 1. The van der Waals surface area contributed by atoms with E-state index < -0.39 is 17.8 Å². The zero-order valence-corrected chi connectivity index (χ0v) is 17.7. The van der Waals surface area contributed by atoms with E-state index in [0.29, 0.717) is 23.6 Å². The van der Waals surface area contributed by atoms with Gasteiger partial charge < -0.3 is 9.47 Å². The largest absolute Gasteiger partial charge is 0.490 e. The first-order valence-electron chi connectivity index (χ1n) is 9.36. The Morgan fingerprint density at radius 3 is 2.52 bits per heavy atom. The predicted molar refractivity (Wildman–Crippen MR) is 117 cm³/mol. The lowest BCUT2D eigenvalue weighted by molar-refractivity contribution is -0.122. The molecule has 1 fully saturated rings. The average molecular weight is 439 g/mol. The van der Waals surface area contributed by atoms with Gasteiger partial charge in [-0.05, 0) is 49.8 Å². The quantitative estimate of drug-likeness (QED) is 0.422. The van der Waals surface area contributed by atoms with E-state index in [1.807, 2.05) is 6.92 Å². The number of carbonyl (C=O) groups is 3. The van der Waals surface area contributed by atoms with Gasteiger partial charge in [0, 0.05) is 0 Å². The SMILES string of the molecule is C#CCOc1c(Cl)cc(C=C2C(=O)NC(=O)N(c3ccc(C)cc3)C2=O)cc1OCC. The first-order chi connectivity index (χ1) is 14.8. The zero-order chi connectivity index (χ0) is 22.5. The zero-order valence-electron chi connectivity index (χ0n) is 16.9. The van der Waals surface area contributed by atoms with Crippen molar-refractivity contribution < 1.29 is 23.9 Å². The summed E-state index contributed by atoms with van der Waals surface area (Å²) in [7, 11) is 0. The summed E-state index contributed by atoms with van der Waals surface area (Å²) in [5.74, 6) is 1.37. The third-order valence-corrected chi connectivity index (χ3v) is 4.62. The topological polar surface area (TPSA) is 84.9 Å². The Kier molecular flexibility index (Phi) is 6.63. The molecule has 0 bridgehead atoms. The third-order valence-electron chi connectivity index (χ3n) is 4.34. The summed E-state index contributed by atoms with van der Waals surface area (Å²) in [5, 5.41) is 2.38. The van der Waals surface area contributed by atoms with Gasteiger partial charge in [0.2, 0.25) is 0 Å². The Balaban J connectivity index is 2.02. The van der Waals surface area contributed by atoms with Gasteiger partial charge in [0.25, 0.3) is 11.8 Å². The number of terminal acetylenes is 1. The first-order valence-corrected chi connectivity index (χ1v) is 9.74. The number of imide groups is 2. The number of benzene rings is 2. The maximum absolute atomic E-state index is 13.0. The monoisotopic (exact) mass is 438 g/mol. The molecule has 2 aromatic rings. The van der Waals surface area contributed by atoms with E-state index in [1.54, 1.807) is 37.3 Å². The lowest BCUT2D eigenvalue weighted by Crippen LogP contribution is -2.54. The van der Waals surface area contributed by atoms with Crippen molar-refractivity contribution in [1.82, 2.24) is 5.32 Å². The van der Waals surface area contributed by atoms with Gasteiger partial charge in [0.15, 0.2) is 11.5 Å². The standard InChI is InChI=1S/C23H19ClN2O5/c1-4-10-31-20-18(24)12-15(13-19(20)30-5-2)11-17-21(27)25-23(29)26(22(17)28)16-8-6-14(3)7-9-16/h1,6-9,11-13H,5,10H2,2-3H3,(H,25,27,29). The highest BCUT2D eigenvalue weighted by atomic mass is 35.5. The number of ether oxygens (including phenoxy) is 2. The molecule has 2 aromatic carbocycles. The lowest BCUT2D eigenvalue weighted by atomic mass is 10.1. The van der Waals surface area contributed by atoms with E-state index in [0.717, 1.165) is 10.5 Å². The Labute approximate surface area is 184 Å². The molecule has 31 heavy (non-hydrogen) atoms. The van der Waals surface area contributed by atoms with Crippen LogP contribution >= 0.6 is 11.6 Å². The highest BCUT2D eigenvalue weighted by Gasteiger charge is 2.36. The number of nitrogens with zero attached hydrogens (tertiary/aromatic N) is 1. The predicted octanol–water partition coefficient (Wildman–Crippen LogP) is 3.73. The number of halogens is 1. The van der Waals surface area contributed by atoms with Gasteiger partial charge in [-0.1, -0.05) is 35.2 Å². The van der Waals surface area contributed by atoms with Crippen LogP contribution in [0.25, 0.3) is 6.08 Å². The molecule has 158 valence electrons. The molecule has 0 saturated carbocycles. The first kappa shape index (κ1) is 21.9. The summed E-state index contributed by atoms with van der Waals surface area (Å²) in [4.78, 5) is 38.6. The molecule has 3 rings (SSSR count). The molecule has 1 N–H and O–H groups in total. The van der Waals surface area contributed by atoms with Gasteiger partial charge in [-0.15, -0.1) is 6.42 Å². The fourth-order valence-corrected chi connectivity index (χ4v) is 3.21. The van der Waals surface area contributed by atoms with Crippen LogP contribution in [0, 0.1) is 19.3 Å². The second kappa shape index (κ2) is 9.37. The van der Waals surface area contributed by atoms with Crippen LogP contribution in [-0.2, 0) is 9.59 Å². The Bertz CT molecular complexity index is 1120. The molecule has 0 aliphatic carbocycles. The molecular formula is C23H19ClN2O5. The summed E-state index contributed by atoms with van der Waals surface area (Å²) < 4.78 is 11.0. The van der Waals surface area contributed by atoms with E-state index >= 15 is 0 Å². The Hall–Kier alpha value is -3.76. The van der Waals surface area contributed by atoms with Gasteiger partial charge in [0.1, 0.15) is 12.2 Å². The van der Waals surface area contributed by atoms with Crippen molar-refractivity contribution in [2.75, 3.05) is 18.1 Å². The molecule has 0 spiro atoms. The minimum Gasteiger partial charge on any atom is -0.490 e. The summed E-state index contributed by atoms with van der Waals surface area (Å²) in [6.07, 6.45) is 6.57. The van der Waals surface area contributed by atoms with Gasteiger partial charge >= 0.3 is 6.03 Å². The maximum atomic E-state index is 13.0. The van der Waals surface area contributed by atoms with E-state index in [4.69, 9.17) is 27.5 Å². The van der Waals surface area contributed by atoms with E-state index in [9.17, 15) is 14.4 Å². The van der Waals surface area contributed by atoms with Gasteiger partial charge in [-0.3, -0.25) is 14.9 Å². The minimum atomic E-state index is -0.818. The highest BCUT2D eigenvalue weighted by Crippen LogP contribution is 2.37. The van der Waals surface area contributed by atoms with Crippen molar-refractivity contribution in [2.45, 2.75) is 13.8 Å². The molecule has 0 atom stereocenters. The van der Waals surface area contributed by atoms with Gasteiger partial charge in [-0.25, -0.2) is 9.69 Å². The van der Waals surface area contributed by atoms with Crippen LogP contribution < -0.4 is 19.7 Å². The Morgan fingerprint density at radius 1 is 1.16 bits per heavy atom. The van der Waals surface area contributed by atoms with Crippen LogP contribution in [0.15, 0.2) is 42.0 Å². The number of barbiturate groups is 1. The van der Waals surface area contributed by atoms with Crippen molar-refractivity contribution in [1.29, 1.82) is 0 Å². The molecule has 1 saturated heterocycles. The van der Waals surface area contributed by atoms with Crippen LogP contribution in [0.1, 0.15) is 18.1 Å². The third kappa shape index (κ3) is 4.71. The van der Waals surface area contributed by atoms with E-state index in [2.05, 4.69) is 11.2 Å². The van der Waals surface area contributed by atoms with Crippen molar-refractivity contribution in [3.05, 3.63) is 58.1 Å². The molecule has 8 heteroatoms. The van der Waals surface area contributed by atoms with Crippen LogP contribution in [0.3, 0.4) is 0 Å². The van der Waals surface area contributed by atoms with E-state index in [1.165, 1.54) is 12.1 Å². The molecule has 7 nitrogen and oxygen atoms in total. The fourth-order valence-electron chi connectivity index (χ4n) is 2.94. The maximum Gasteiger partial charge on any atom is 0.335 e. The second-order valence-corrected chi connectivity index (χ2v) is 6.96. The van der Waals surface area contributed by atoms with Crippen LogP contribution in [-0.4, -0.2) is 31.1 Å².